The smallest absolute Gasteiger partial charge is 0.408 e. The van der Waals surface area contributed by atoms with Gasteiger partial charge in [0.05, 0.1) is 0 Å². The quantitative estimate of drug-likeness (QED) is 0.625. The van der Waals surface area contributed by atoms with Gasteiger partial charge in [0.15, 0.2) is 0 Å². The van der Waals surface area contributed by atoms with E-state index in [1.165, 1.54) is 6.33 Å². The van der Waals surface area contributed by atoms with Crippen LogP contribution in [0.4, 0.5) is 10.7 Å². The van der Waals surface area contributed by atoms with Crippen molar-refractivity contribution in [3.8, 4) is 0 Å². The molecule has 0 fully saturated rings. The van der Waals surface area contributed by atoms with Crippen molar-refractivity contribution in [3.63, 3.8) is 0 Å². The second-order valence-corrected chi connectivity index (χ2v) is 7.51. The fourth-order valence-electron chi connectivity index (χ4n) is 2.94. The highest BCUT2D eigenvalue weighted by Crippen LogP contribution is 2.22. The van der Waals surface area contributed by atoms with Crippen molar-refractivity contribution in [2.24, 2.45) is 7.05 Å². The Bertz CT molecular complexity index is 971. The summed E-state index contributed by atoms with van der Waals surface area (Å²) in [7, 11) is 1.94. The molecular formula is C19H24N6O3. The third-order valence-electron chi connectivity index (χ3n) is 4.07. The van der Waals surface area contributed by atoms with E-state index < -0.39 is 23.6 Å². The topological polar surface area (TPSA) is 114 Å². The van der Waals surface area contributed by atoms with Gasteiger partial charge in [-0.3, -0.25) is 10.1 Å². The Morgan fingerprint density at radius 1 is 1.29 bits per heavy atom. The van der Waals surface area contributed by atoms with E-state index in [4.69, 9.17) is 4.74 Å². The van der Waals surface area contributed by atoms with Crippen LogP contribution in [0.2, 0.25) is 0 Å². The molecule has 9 heteroatoms. The minimum absolute atomic E-state index is 0.207. The number of aromatic nitrogens is 4. The number of aromatic amines is 1. The fourth-order valence-corrected chi connectivity index (χ4v) is 2.94. The van der Waals surface area contributed by atoms with Crippen molar-refractivity contribution in [1.29, 1.82) is 0 Å². The van der Waals surface area contributed by atoms with Crippen LogP contribution in [0.3, 0.4) is 0 Å². The number of fused-ring (bicyclic) bond motifs is 1. The Morgan fingerprint density at radius 2 is 2.04 bits per heavy atom. The summed E-state index contributed by atoms with van der Waals surface area (Å²) in [5, 5.41) is 12.6. The number of carbonyl (C=O) groups is 2. The Kier molecular flexibility index (Phi) is 5.34. The van der Waals surface area contributed by atoms with Crippen LogP contribution in [0.5, 0.6) is 0 Å². The van der Waals surface area contributed by atoms with Gasteiger partial charge in [-0.25, -0.2) is 9.89 Å². The molecule has 0 unspecified atom stereocenters. The van der Waals surface area contributed by atoms with E-state index in [9.17, 15) is 9.59 Å². The van der Waals surface area contributed by atoms with E-state index in [2.05, 4.69) is 25.8 Å². The highest BCUT2D eigenvalue weighted by atomic mass is 16.6. The number of amides is 2. The third kappa shape index (κ3) is 4.67. The summed E-state index contributed by atoms with van der Waals surface area (Å²) in [6.45, 7) is 5.29. The summed E-state index contributed by atoms with van der Waals surface area (Å²) >= 11 is 0. The molecule has 0 aliphatic rings. The minimum atomic E-state index is -0.856. The maximum Gasteiger partial charge on any atom is 0.408 e. The van der Waals surface area contributed by atoms with E-state index in [-0.39, 0.29) is 5.95 Å². The average Bonchev–Trinajstić information content (AvgIpc) is 3.21. The summed E-state index contributed by atoms with van der Waals surface area (Å²) in [5.74, 6) is -0.213. The van der Waals surface area contributed by atoms with Crippen molar-refractivity contribution < 1.29 is 14.3 Å². The summed E-state index contributed by atoms with van der Waals surface area (Å²) in [6, 6.07) is 7.04. The first kappa shape index (κ1) is 19.4. The van der Waals surface area contributed by atoms with Crippen molar-refractivity contribution in [2.75, 3.05) is 5.32 Å². The van der Waals surface area contributed by atoms with Crippen LogP contribution in [-0.2, 0) is 23.0 Å². The van der Waals surface area contributed by atoms with Crippen LogP contribution in [0.25, 0.3) is 10.9 Å². The summed E-state index contributed by atoms with van der Waals surface area (Å²) in [4.78, 5) is 29.0. The molecule has 3 rings (SSSR count). The number of hydrogen-bond donors (Lipinski definition) is 3. The highest BCUT2D eigenvalue weighted by Gasteiger charge is 2.26. The number of nitrogens with zero attached hydrogens (tertiary/aromatic N) is 3. The standard InChI is InChI=1S/C19H24N6O3/c1-19(2,3)28-18(27)22-14(16(26)23-17-20-11-21-24-17)9-12-10-25(4)15-8-6-5-7-13(12)15/h5-8,10-11,14H,9H2,1-4H3,(H,22,27)(H2,20,21,23,24,26)/t14-/m0/s1. The van der Waals surface area contributed by atoms with Crippen LogP contribution in [0, 0.1) is 0 Å². The SMILES string of the molecule is Cn1cc(C[C@H](NC(=O)OC(C)(C)C)C(=O)Nc2ncn[nH]2)c2ccccc21. The number of carbonyl (C=O) groups excluding carboxylic acids is 2. The lowest BCUT2D eigenvalue weighted by Gasteiger charge is -2.23. The van der Waals surface area contributed by atoms with Gasteiger partial charge in [0.1, 0.15) is 18.0 Å². The number of alkyl carbamates (subject to hydrolysis) is 1. The number of benzene rings is 1. The number of hydrogen-bond acceptors (Lipinski definition) is 5. The van der Waals surface area contributed by atoms with Gasteiger partial charge >= 0.3 is 6.09 Å². The van der Waals surface area contributed by atoms with Crippen molar-refractivity contribution >= 4 is 28.9 Å². The van der Waals surface area contributed by atoms with Gasteiger partial charge in [-0.1, -0.05) is 18.2 Å². The number of aryl methyl sites for hydroxylation is 1. The molecule has 28 heavy (non-hydrogen) atoms. The number of ether oxygens (including phenoxy) is 1. The second-order valence-electron chi connectivity index (χ2n) is 7.51. The van der Waals surface area contributed by atoms with E-state index in [0.717, 1.165) is 16.5 Å². The number of para-hydroxylation sites is 1. The Morgan fingerprint density at radius 3 is 2.71 bits per heavy atom. The molecule has 2 heterocycles. The first-order chi connectivity index (χ1) is 13.2. The van der Waals surface area contributed by atoms with E-state index >= 15 is 0 Å². The molecule has 0 spiro atoms. The molecule has 1 aromatic carbocycles. The van der Waals surface area contributed by atoms with Gasteiger partial charge in [0.25, 0.3) is 0 Å². The largest absolute Gasteiger partial charge is 0.444 e. The lowest BCUT2D eigenvalue weighted by molar-refractivity contribution is -0.118. The highest BCUT2D eigenvalue weighted by molar-refractivity contribution is 5.96. The lowest BCUT2D eigenvalue weighted by atomic mass is 10.0. The van der Waals surface area contributed by atoms with E-state index in [1.54, 1.807) is 20.8 Å². The van der Waals surface area contributed by atoms with Gasteiger partial charge in [0.2, 0.25) is 11.9 Å². The molecule has 0 aliphatic carbocycles. The van der Waals surface area contributed by atoms with Gasteiger partial charge in [-0.05, 0) is 32.4 Å². The van der Waals surface area contributed by atoms with Crippen LogP contribution >= 0.6 is 0 Å². The molecule has 1 atom stereocenters. The monoisotopic (exact) mass is 384 g/mol. The van der Waals surface area contributed by atoms with E-state index in [0.29, 0.717) is 6.42 Å². The molecular weight excluding hydrogens is 360 g/mol. The fraction of sp³-hybridized carbons (Fsp3) is 0.368. The number of H-pyrrole nitrogens is 1. The van der Waals surface area contributed by atoms with Gasteiger partial charge in [-0.2, -0.15) is 10.1 Å². The predicted octanol–water partition coefficient (Wildman–Crippen LogP) is 2.37. The maximum absolute atomic E-state index is 12.8. The van der Waals surface area contributed by atoms with Crippen LogP contribution < -0.4 is 10.6 Å². The molecule has 0 bridgehead atoms. The Hall–Kier alpha value is -3.36. The molecule has 9 nitrogen and oxygen atoms in total. The molecule has 2 amide bonds. The molecule has 3 aromatic rings. The van der Waals surface area contributed by atoms with Crippen molar-refractivity contribution in [3.05, 3.63) is 42.4 Å². The van der Waals surface area contributed by atoms with Crippen LogP contribution in [0.1, 0.15) is 26.3 Å². The maximum atomic E-state index is 12.8. The van der Waals surface area contributed by atoms with Crippen LogP contribution in [-0.4, -0.2) is 43.4 Å². The predicted molar refractivity (Wildman–Crippen MR) is 105 cm³/mol. The Balaban J connectivity index is 1.84. The average molecular weight is 384 g/mol. The van der Waals surface area contributed by atoms with Gasteiger partial charge < -0.3 is 14.6 Å². The molecule has 3 N–H and O–H groups in total. The molecule has 0 saturated heterocycles. The molecule has 0 radical (unpaired) electrons. The number of anilines is 1. The molecule has 0 saturated carbocycles. The zero-order valence-corrected chi connectivity index (χ0v) is 16.3. The van der Waals surface area contributed by atoms with Gasteiger partial charge in [0, 0.05) is 30.6 Å². The normalized spacial score (nSPS) is 12.6. The summed E-state index contributed by atoms with van der Waals surface area (Å²) < 4.78 is 7.30. The molecule has 148 valence electrons. The second kappa shape index (κ2) is 7.71. The third-order valence-corrected chi connectivity index (χ3v) is 4.07. The lowest BCUT2D eigenvalue weighted by Crippen LogP contribution is -2.47. The Labute approximate surface area is 162 Å². The summed E-state index contributed by atoms with van der Waals surface area (Å²) in [6.07, 6.45) is 2.87. The number of nitrogens with one attached hydrogen (secondary N) is 3. The van der Waals surface area contributed by atoms with Crippen LogP contribution in [0.15, 0.2) is 36.8 Å². The number of rotatable bonds is 5. The molecule has 0 aliphatic heterocycles. The zero-order chi connectivity index (χ0) is 20.3. The van der Waals surface area contributed by atoms with Crippen molar-refractivity contribution in [2.45, 2.75) is 38.8 Å². The molecule has 2 aromatic heterocycles. The van der Waals surface area contributed by atoms with Gasteiger partial charge in [-0.15, -0.1) is 0 Å². The van der Waals surface area contributed by atoms with E-state index in [1.807, 2.05) is 42.1 Å². The zero-order valence-electron chi connectivity index (χ0n) is 16.3. The minimum Gasteiger partial charge on any atom is -0.444 e. The first-order valence-corrected chi connectivity index (χ1v) is 8.91. The first-order valence-electron chi connectivity index (χ1n) is 8.91. The summed E-state index contributed by atoms with van der Waals surface area (Å²) in [5.41, 5.74) is 1.31. The van der Waals surface area contributed by atoms with Crippen molar-refractivity contribution in [1.82, 2.24) is 25.1 Å².